The van der Waals surface area contributed by atoms with Crippen molar-refractivity contribution < 1.29 is 19.7 Å². The molecule has 1 aliphatic rings. The Hall–Kier alpha value is -1.59. The number of fused-ring (bicyclic) bond motifs is 1. The van der Waals surface area contributed by atoms with Crippen LogP contribution in [-0.4, -0.2) is 35.4 Å². The van der Waals surface area contributed by atoms with E-state index in [2.05, 4.69) is 5.32 Å². The highest BCUT2D eigenvalue weighted by atomic mass is 16.5. The minimum Gasteiger partial charge on any atom is -0.491 e. The fourth-order valence-corrected chi connectivity index (χ4v) is 2.08. The van der Waals surface area contributed by atoms with Crippen LogP contribution in [0.15, 0.2) is 18.2 Å². The molecule has 5 nitrogen and oxygen atoms in total. The average molecular weight is 265 g/mol. The molecular weight excluding hydrogens is 246 g/mol. The molecule has 104 valence electrons. The van der Waals surface area contributed by atoms with Crippen molar-refractivity contribution in [1.82, 2.24) is 5.32 Å². The van der Waals surface area contributed by atoms with Crippen LogP contribution in [0.3, 0.4) is 0 Å². The molecule has 3 N–H and O–H groups in total. The molecular formula is C14H19NO4. The number of hydrogen-bond donors (Lipinski definition) is 3. The van der Waals surface area contributed by atoms with Gasteiger partial charge in [0, 0.05) is 12.1 Å². The number of carboxylic acids is 1. The Morgan fingerprint density at radius 1 is 1.58 bits per heavy atom. The number of carbonyl (C=O) groups is 1. The molecule has 0 amide bonds. The van der Waals surface area contributed by atoms with Gasteiger partial charge < -0.3 is 20.3 Å². The zero-order valence-corrected chi connectivity index (χ0v) is 11.1. The van der Waals surface area contributed by atoms with E-state index >= 15 is 0 Å². The predicted molar refractivity (Wildman–Crippen MR) is 70.2 cm³/mol. The quantitative estimate of drug-likeness (QED) is 0.759. The number of benzene rings is 1. The van der Waals surface area contributed by atoms with Crippen molar-refractivity contribution in [3.05, 3.63) is 29.3 Å². The van der Waals surface area contributed by atoms with Crippen molar-refractivity contribution in [2.45, 2.75) is 26.0 Å². The first kappa shape index (κ1) is 13.8. The standard InChI is InChI=1S/C14H19NO4/c1-8-3-4-10-12(5-8)19-7-11(13(10)16)15-6-9(2)14(17)18/h3-5,9,11,13,15-16H,6-7H2,1-2H3,(H,17,18)/t9?,11-,13+/m1/s1. The van der Waals surface area contributed by atoms with Gasteiger partial charge in [0.25, 0.3) is 0 Å². The molecule has 1 aliphatic heterocycles. The lowest BCUT2D eigenvalue weighted by Gasteiger charge is -2.31. The number of aliphatic hydroxyl groups excluding tert-OH is 1. The van der Waals surface area contributed by atoms with Gasteiger partial charge in [0.2, 0.25) is 0 Å². The second kappa shape index (κ2) is 5.59. The maximum absolute atomic E-state index is 10.8. The van der Waals surface area contributed by atoms with Gasteiger partial charge in [0.1, 0.15) is 18.5 Å². The van der Waals surface area contributed by atoms with Crippen molar-refractivity contribution >= 4 is 5.97 Å². The van der Waals surface area contributed by atoms with Gasteiger partial charge in [0.05, 0.1) is 12.0 Å². The maximum Gasteiger partial charge on any atom is 0.307 e. The van der Waals surface area contributed by atoms with Gasteiger partial charge in [-0.25, -0.2) is 0 Å². The van der Waals surface area contributed by atoms with E-state index in [1.165, 1.54) is 0 Å². The Labute approximate surface area is 112 Å². The zero-order valence-electron chi connectivity index (χ0n) is 11.1. The first-order valence-electron chi connectivity index (χ1n) is 6.36. The van der Waals surface area contributed by atoms with Gasteiger partial charge in [-0.3, -0.25) is 4.79 Å². The Morgan fingerprint density at radius 3 is 3.00 bits per heavy atom. The SMILES string of the molecule is Cc1ccc2c(c1)OC[C@@H](NCC(C)C(=O)O)[C@H]2O. The predicted octanol–water partition coefficient (Wildman–Crippen LogP) is 1.10. The number of carboxylic acid groups (broad SMARTS) is 1. The van der Waals surface area contributed by atoms with E-state index in [0.717, 1.165) is 11.1 Å². The smallest absolute Gasteiger partial charge is 0.307 e. The number of rotatable bonds is 4. The maximum atomic E-state index is 10.8. The molecule has 1 aromatic rings. The third-order valence-corrected chi connectivity index (χ3v) is 3.40. The Morgan fingerprint density at radius 2 is 2.32 bits per heavy atom. The topological polar surface area (TPSA) is 78.8 Å². The number of ether oxygens (including phenoxy) is 1. The van der Waals surface area contributed by atoms with E-state index in [4.69, 9.17) is 9.84 Å². The summed E-state index contributed by atoms with van der Waals surface area (Å²) in [5, 5.41) is 22.2. The van der Waals surface area contributed by atoms with Crippen LogP contribution in [0, 0.1) is 12.8 Å². The zero-order chi connectivity index (χ0) is 14.0. The summed E-state index contributed by atoms with van der Waals surface area (Å²) in [7, 11) is 0. The lowest BCUT2D eigenvalue weighted by molar-refractivity contribution is -0.141. The van der Waals surface area contributed by atoms with Crippen LogP contribution in [0.2, 0.25) is 0 Å². The molecule has 0 radical (unpaired) electrons. The average Bonchev–Trinajstić information content (AvgIpc) is 2.37. The second-order valence-corrected chi connectivity index (χ2v) is 5.05. The number of hydrogen-bond acceptors (Lipinski definition) is 4. The molecule has 0 bridgehead atoms. The summed E-state index contributed by atoms with van der Waals surface area (Å²) in [5.41, 5.74) is 1.83. The summed E-state index contributed by atoms with van der Waals surface area (Å²) in [5.74, 6) is -0.641. The Balaban J connectivity index is 2.03. The number of aliphatic carboxylic acids is 1. The molecule has 2 rings (SSSR count). The molecule has 3 atom stereocenters. The summed E-state index contributed by atoms with van der Waals surface area (Å²) in [6, 6.07) is 5.39. The van der Waals surface area contributed by atoms with Crippen LogP contribution >= 0.6 is 0 Å². The highest BCUT2D eigenvalue weighted by molar-refractivity contribution is 5.69. The highest BCUT2D eigenvalue weighted by Gasteiger charge is 2.29. The third-order valence-electron chi connectivity index (χ3n) is 3.40. The van der Waals surface area contributed by atoms with E-state index in [9.17, 15) is 9.90 Å². The normalized spacial score (nSPS) is 23.3. The van der Waals surface area contributed by atoms with E-state index in [1.807, 2.05) is 25.1 Å². The fourth-order valence-electron chi connectivity index (χ4n) is 2.08. The largest absolute Gasteiger partial charge is 0.491 e. The molecule has 0 spiro atoms. The summed E-state index contributed by atoms with van der Waals surface area (Å²) < 4.78 is 5.61. The van der Waals surface area contributed by atoms with Crippen molar-refractivity contribution in [2.24, 2.45) is 5.92 Å². The summed E-state index contributed by atoms with van der Waals surface area (Å²) in [6.45, 7) is 4.24. The Kier molecular flexibility index (Phi) is 4.07. The monoisotopic (exact) mass is 265 g/mol. The van der Waals surface area contributed by atoms with Gasteiger partial charge in [-0.05, 0) is 18.6 Å². The van der Waals surface area contributed by atoms with Gasteiger partial charge in [0.15, 0.2) is 0 Å². The number of nitrogens with one attached hydrogen (secondary N) is 1. The molecule has 0 fully saturated rings. The molecule has 0 saturated heterocycles. The van der Waals surface area contributed by atoms with E-state index in [-0.39, 0.29) is 6.04 Å². The lowest BCUT2D eigenvalue weighted by Crippen LogP contribution is -2.45. The van der Waals surface area contributed by atoms with Crippen LogP contribution in [0.25, 0.3) is 0 Å². The highest BCUT2D eigenvalue weighted by Crippen LogP contribution is 2.32. The number of aryl methyl sites for hydroxylation is 1. The lowest BCUT2D eigenvalue weighted by atomic mass is 9.97. The van der Waals surface area contributed by atoms with Gasteiger partial charge >= 0.3 is 5.97 Å². The van der Waals surface area contributed by atoms with Crippen LogP contribution in [0.1, 0.15) is 24.2 Å². The van der Waals surface area contributed by atoms with E-state index in [1.54, 1.807) is 6.92 Å². The fraction of sp³-hybridized carbons (Fsp3) is 0.500. The van der Waals surface area contributed by atoms with Crippen LogP contribution < -0.4 is 10.1 Å². The summed E-state index contributed by atoms with van der Waals surface area (Å²) in [4.78, 5) is 10.8. The summed E-state index contributed by atoms with van der Waals surface area (Å²) >= 11 is 0. The van der Waals surface area contributed by atoms with Gasteiger partial charge in [-0.1, -0.05) is 19.1 Å². The van der Waals surface area contributed by atoms with E-state index < -0.39 is 18.0 Å². The summed E-state index contributed by atoms with van der Waals surface area (Å²) in [6.07, 6.45) is -0.676. The molecule has 0 aliphatic carbocycles. The van der Waals surface area contributed by atoms with Crippen molar-refractivity contribution in [3.8, 4) is 5.75 Å². The van der Waals surface area contributed by atoms with Crippen molar-refractivity contribution in [2.75, 3.05) is 13.2 Å². The Bertz CT molecular complexity index is 475. The first-order valence-corrected chi connectivity index (χ1v) is 6.36. The molecule has 5 heteroatoms. The van der Waals surface area contributed by atoms with Gasteiger partial charge in [-0.2, -0.15) is 0 Å². The van der Waals surface area contributed by atoms with E-state index in [0.29, 0.717) is 18.9 Å². The first-order chi connectivity index (χ1) is 8.99. The molecule has 0 aromatic heterocycles. The molecule has 1 unspecified atom stereocenters. The third kappa shape index (κ3) is 3.05. The number of aliphatic hydroxyl groups is 1. The molecule has 19 heavy (non-hydrogen) atoms. The minimum absolute atomic E-state index is 0.281. The molecule has 0 saturated carbocycles. The van der Waals surface area contributed by atoms with Crippen LogP contribution in [-0.2, 0) is 4.79 Å². The minimum atomic E-state index is -0.852. The van der Waals surface area contributed by atoms with Crippen LogP contribution in [0.4, 0.5) is 0 Å². The van der Waals surface area contributed by atoms with Crippen LogP contribution in [0.5, 0.6) is 5.75 Å². The molecule has 1 aromatic carbocycles. The van der Waals surface area contributed by atoms with Crippen molar-refractivity contribution in [1.29, 1.82) is 0 Å². The molecule has 1 heterocycles. The second-order valence-electron chi connectivity index (χ2n) is 5.05. The van der Waals surface area contributed by atoms with Gasteiger partial charge in [-0.15, -0.1) is 0 Å². The van der Waals surface area contributed by atoms with Crippen molar-refractivity contribution in [3.63, 3.8) is 0 Å².